The minimum atomic E-state index is 0.0134. The minimum Gasteiger partial charge on any atom is -0.352 e. The van der Waals surface area contributed by atoms with Crippen molar-refractivity contribution in [3.8, 4) is 0 Å². The van der Waals surface area contributed by atoms with Crippen molar-refractivity contribution in [3.05, 3.63) is 29.8 Å². The highest BCUT2D eigenvalue weighted by molar-refractivity contribution is 7.98. The summed E-state index contributed by atoms with van der Waals surface area (Å²) in [5, 5.41) is 2.84. The zero-order valence-electron chi connectivity index (χ0n) is 8.54. The van der Waals surface area contributed by atoms with Crippen molar-refractivity contribution < 1.29 is 4.79 Å². The number of hydrogen-bond donors (Lipinski definition) is 1. The van der Waals surface area contributed by atoms with Gasteiger partial charge < -0.3 is 5.32 Å². The monoisotopic (exact) mass is 209 g/mol. The van der Waals surface area contributed by atoms with Gasteiger partial charge in [0, 0.05) is 17.0 Å². The van der Waals surface area contributed by atoms with Crippen molar-refractivity contribution in [2.24, 2.45) is 0 Å². The number of carbonyl (C=O) groups excluding carboxylic acids is 1. The molecule has 76 valence electrons. The highest BCUT2D eigenvalue weighted by Crippen LogP contribution is 2.14. The molecule has 14 heavy (non-hydrogen) atoms. The van der Waals surface area contributed by atoms with E-state index in [0.717, 1.165) is 18.5 Å². The summed E-state index contributed by atoms with van der Waals surface area (Å²) in [4.78, 5) is 12.7. The van der Waals surface area contributed by atoms with Crippen LogP contribution in [0.2, 0.25) is 0 Å². The molecular weight excluding hydrogens is 194 g/mol. The summed E-state index contributed by atoms with van der Waals surface area (Å²) in [7, 11) is 0. The molecule has 0 atom stereocenters. The van der Waals surface area contributed by atoms with Crippen LogP contribution in [0.25, 0.3) is 0 Å². The Labute approximate surface area is 89.1 Å². The number of amides is 1. The third kappa shape index (κ3) is 3.07. The van der Waals surface area contributed by atoms with Gasteiger partial charge in [-0.15, -0.1) is 11.8 Å². The van der Waals surface area contributed by atoms with E-state index < -0.39 is 0 Å². The maximum absolute atomic E-state index is 11.5. The first-order chi connectivity index (χ1) is 6.77. The van der Waals surface area contributed by atoms with E-state index in [1.807, 2.05) is 37.4 Å². The molecule has 0 unspecified atom stereocenters. The van der Waals surface area contributed by atoms with Gasteiger partial charge in [0.1, 0.15) is 0 Å². The lowest BCUT2D eigenvalue weighted by atomic mass is 10.2. The molecule has 1 aromatic rings. The largest absolute Gasteiger partial charge is 0.352 e. The summed E-state index contributed by atoms with van der Waals surface area (Å²) in [6.45, 7) is 2.78. The minimum absolute atomic E-state index is 0.0134. The number of hydrogen-bond acceptors (Lipinski definition) is 2. The number of nitrogens with one attached hydrogen (secondary N) is 1. The van der Waals surface area contributed by atoms with Crippen LogP contribution in [0.4, 0.5) is 0 Å². The first kappa shape index (κ1) is 11.1. The van der Waals surface area contributed by atoms with Crippen molar-refractivity contribution in [2.45, 2.75) is 18.2 Å². The van der Waals surface area contributed by atoms with Crippen LogP contribution in [-0.2, 0) is 0 Å². The highest BCUT2D eigenvalue weighted by Gasteiger charge is 2.02. The smallest absolute Gasteiger partial charge is 0.251 e. The normalized spacial score (nSPS) is 9.86. The first-order valence-electron chi connectivity index (χ1n) is 4.70. The van der Waals surface area contributed by atoms with Gasteiger partial charge >= 0.3 is 0 Å². The zero-order chi connectivity index (χ0) is 10.4. The fourth-order valence-electron chi connectivity index (χ4n) is 1.08. The van der Waals surface area contributed by atoms with Gasteiger partial charge in [0.15, 0.2) is 0 Å². The second-order valence-electron chi connectivity index (χ2n) is 2.98. The van der Waals surface area contributed by atoms with E-state index in [9.17, 15) is 4.79 Å². The third-order valence-electron chi connectivity index (χ3n) is 1.89. The molecule has 0 heterocycles. The molecule has 0 spiro atoms. The van der Waals surface area contributed by atoms with Crippen LogP contribution in [0, 0.1) is 0 Å². The van der Waals surface area contributed by atoms with Crippen LogP contribution in [0.1, 0.15) is 23.7 Å². The van der Waals surface area contributed by atoms with E-state index in [0.29, 0.717) is 0 Å². The molecule has 0 saturated heterocycles. The van der Waals surface area contributed by atoms with Gasteiger partial charge in [0.2, 0.25) is 0 Å². The van der Waals surface area contributed by atoms with E-state index in [2.05, 4.69) is 5.32 Å². The lowest BCUT2D eigenvalue weighted by Gasteiger charge is -2.03. The quantitative estimate of drug-likeness (QED) is 0.772. The summed E-state index contributed by atoms with van der Waals surface area (Å²) in [5.74, 6) is 0.0134. The molecule has 0 fully saturated rings. The molecule has 0 aliphatic heterocycles. The lowest BCUT2D eigenvalue weighted by Crippen LogP contribution is -2.23. The van der Waals surface area contributed by atoms with E-state index in [-0.39, 0.29) is 5.91 Å². The maximum Gasteiger partial charge on any atom is 0.251 e. The Morgan fingerprint density at radius 3 is 2.50 bits per heavy atom. The van der Waals surface area contributed by atoms with Crippen molar-refractivity contribution in [1.82, 2.24) is 5.32 Å². The first-order valence-corrected chi connectivity index (χ1v) is 5.92. The van der Waals surface area contributed by atoms with E-state index in [1.165, 1.54) is 4.90 Å². The molecule has 2 nitrogen and oxygen atoms in total. The standard InChI is InChI=1S/C11H15NOS/c1-3-8-12-11(13)9-4-6-10(14-2)7-5-9/h4-7H,3,8H2,1-2H3,(H,12,13). The predicted octanol–water partition coefficient (Wildman–Crippen LogP) is 2.55. The average molecular weight is 209 g/mol. The van der Waals surface area contributed by atoms with Gasteiger partial charge in [-0.1, -0.05) is 6.92 Å². The molecule has 1 N–H and O–H groups in total. The second-order valence-corrected chi connectivity index (χ2v) is 3.86. The fraction of sp³-hybridized carbons (Fsp3) is 0.364. The SMILES string of the molecule is CCCNC(=O)c1ccc(SC)cc1. The Kier molecular flexibility index (Phi) is 4.53. The maximum atomic E-state index is 11.5. The van der Waals surface area contributed by atoms with Gasteiger partial charge in [-0.3, -0.25) is 4.79 Å². The Morgan fingerprint density at radius 2 is 2.00 bits per heavy atom. The Balaban J connectivity index is 2.62. The molecule has 0 aromatic heterocycles. The Morgan fingerprint density at radius 1 is 1.36 bits per heavy atom. The average Bonchev–Trinajstić information content (AvgIpc) is 2.26. The summed E-state index contributed by atoms with van der Waals surface area (Å²) in [5.41, 5.74) is 0.733. The Hall–Kier alpha value is -0.960. The van der Waals surface area contributed by atoms with E-state index in [4.69, 9.17) is 0 Å². The van der Waals surface area contributed by atoms with Crippen LogP contribution < -0.4 is 5.32 Å². The Bertz CT molecular complexity index is 295. The van der Waals surface area contributed by atoms with Crippen LogP contribution in [0.5, 0.6) is 0 Å². The van der Waals surface area contributed by atoms with Gasteiger partial charge in [0.25, 0.3) is 5.91 Å². The molecule has 0 aliphatic carbocycles. The molecule has 3 heteroatoms. The van der Waals surface area contributed by atoms with Crippen molar-refractivity contribution in [3.63, 3.8) is 0 Å². The topological polar surface area (TPSA) is 29.1 Å². The predicted molar refractivity (Wildman–Crippen MR) is 60.8 cm³/mol. The number of thioether (sulfide) groups is 1. The van der Waals surface area contributed by atoms with Crippen LogP contribution >= 0.6 is 11.8 Å². The van der Waals surface area contributed by atoms with Gasteiger partial charge in [-0.05, 0) is 36.9 Å². The van der Waals surface area contributed by atoms with Crippen molar-refractivity contribution in [2.75, 3.05) is 12.8 Å². The molecule has 1 amide bonds. The molecule has 0 saturated carbocycles. The second kappa shape index (κ2) is 5.70. The van der Waals surface area contributed by atoms with E-state index in [1.54, 1.807) is 11.8 Å². The number of carbonyl (C=O) groups is 1. The molecule has 1 aromatic carbocycles. The van der Waals surface area contributed by atoms with Crippen LogP contribution in [-0.4, -0.2) is 18.7 Å². The number of benzene rings is 1. The van der Waals surface area contributed by atoms with Crippen molar-refractivity contribution >= 4 is 17.7 Å². The molecule has 0 radical (unpaired) electrons. The summed E-state index contributed by atoms with van der Waals surface area (Å²) < 4.78 is 0. The van der Waals surface area contributed by atoms with Gasteiger partial charge in [0.05, 0.1) is 0 Å². The lowest BCUT2D eigenvalue weighted by molar-refractivity contribution is 0.0953. The fourth-order valence-corrected chi connectivity index (χ4v) is 1.49. The highest BCUT2D eigenvalue weighted by atomic mass is 32.2. The van der Waals surface area contributed by atoms with Crippen LogP contribution in [0.3, 0.4) is 0 Å². The summed E-state index contributed by atoms with van der Waals surface area (Å²) >= 11 is 1.68. The molecule has 0 aliphatic rings. The molecular formula is C11H15NOS. The van der Waals surface area contributed by atoms with E-state index >= 15 is 0 Å². The summed E-state index contributed by atoms with van der Waals surface area (Å²) in [6.07, 6.45) is 2.99. The summed E-state index contributed by atoms with van der Waals surface area (Å²) in [6, 6.07) is 7.64. The van der Waals surface area contributed by atoms with Crippen molar-refractivity contribution in [1.29, 1.82) is 0 Å². The zero-order valence-corrected chi connectivity index (χ0v) is 9.36. The molecule has 1 rings (SSSR count). The molecule has 0 bridgehead atoms. The van der Waals surface area contributed by atoms with Gasteiger partial charge in [-0.25, -0.2) is 0 Å². The third-order valence-corrected chi connectivity index (χ3v) is 2.63. The number of rotatable bonds is 4. The van der Waals surface area contributed by atoms with Crippen LogP contribution in [0.15, 0.2) is 29.2 Å². The van der Waals surface area contributed by atoms with Gasteiger partial charge in [-0.2, -0.15) is 0 Å².